The summed E-state index contributed by atoms with van der Waals surface area (Å²) >= 11 is 6.04. The van der Waals surface area contributed by atoms with Crippen LogP contribution in [0.5, 0.6) is 5.75 Å². The Hall–Kier alpha value is -3.23. The topological polar surface area (TPSA) is 88.1 Å². The Morgan fingerprint density at radius 2 is 2.03 bits per heavy atom. The minimum atomic E-state index is -0.116. The van der Waals surface area contributed by atoms with Crippen molar-refractivity contribution >= 4 is 11.6 Å². The molecule has 0 N–H and O–H groups in total. The second kappa shape index (κ2) is 7.31. The lowest BCUT2D eigenvalue weighted by atomic mass is 10.1. The monoisotopic (exact) mass is 409 g/mol. The van der Waals surface area contributed by atoms with E-state index in [1.807, 2.05) is 41.1 Å². The molecule has 3 heterocycles. The van der Waals surface area contributed by atoms with Gasteiger partial charge in [0.15, 0.2) is 5.69 Å². The number of ether oxygens (including phenoxy) is 2. The third kappa shape index (κ3) is 3.37. The van der Waals surface area contributed by atoms with Crippen LogP contribution in [0.2, 0.25) is 5.02 Å². The first-order valence-electron chi connectivity index (χ1n) is 8.99. The maximum atomic E-state index is 6.05. The molecule has 0 saturated heterocycles. The fourth-order valence-electron chi connectivity index (χ4n) is 3.26. The summed E-state index contributed by atoms with van der Waals surface area (Å²) in [4.78, 5) is 4.45. The summed E-state index contributed by atoms with van der Waals surface area (Å²) in [6, 6.07) is 15.0. The highest BCUT2D eigenvalue weighted by molar-refractivity contribution is 6.30. The van der Waals surface area contributed by atoms with Crippen LogP contribution >= 0.6 is 11.6 Å². The maximum Gasteiger partial charge on any atom is 0.258 e. The molecular weight excluding hydrogens is 394 g/mol. The van der Waals surface area contributed by atoms with Crippen LogP contribution in [0.1, 0.15) is 17.4 Å². The minimum absolute atomic E-state index is 0.116. The molecule has 0 radical (unpaired) electrons. The Kier molecular flexibility index (Phi) is 4.49. The van der Waals surface area contributed by atoms with E-state index >= 15 is 0 Å². The molecule has 146 valence electrons. The molecule has 2 aromatic heterocycles. The molecule has 1 aliphatic heterocycles. The molecule has 0 fully saturated rings. The Balaban J connectivity index is 1.39. The van der Waals surface area contributed by atoms with Crippen molar-refractivity contribution in [3.8, 4) is 28.7 Å². The first-order chi connectivity index (χ1) is 14.2. The van der Waals surface area contributed by atoms with Gasteiger partial charge >= 0.3 is 0 Å². The summed E-state index contributed by atoms with van der Waals surface area (Å²) in [5, 5.41) is 13.2. The number of benzene rings is 2. The van der Waals surface area contributed by atoms with Gasteiger partial charge in [0.25, 0.3) is 5.89 Å². The van der Waals surface area contributed by atoms with Crippen LogP contribution < -0.4 is 4.74 Å². The number of nitrogens with zero attached hydrogens (tertiary/aromatic N) is 5. The fourth-order valence-corrected chi connectivity index (χ4v) is 3.45. The molecule has 0 bridgehead atoms. The standard InChI is InChI=1S/C20H16ClN5O3/c1-27-15-7-5-12(6-8-15)17-10-26-16(11-28-17)18(23-25-26)19-22-20(29-24-19)13-3-2-4-14(21)9-13/h2-9,17H,10-11H2,1H3/t17-/m1/s1. The minimum Gasteiger partial charge on any atom is -0.497 e. The Labute approximate surface area is 171 Å². The van der Waals surface area contributed by atoms with Crippen molar-refractivity contribution in [3.05, 3.63) is 64.8 Å². The molecule has 0 saturated carbocycles. The number of aromatic nitrogens is 5. The second-order valence-corrected chi connectivity index (χ2v) is 7.01. The fraction of sp³-hybridized carbons (Fsp3) is 0.200. The summed E-state index contributed by atoms with van der Waals surface area (Å²) < 4.78 is 18.5. The molecule has 1 atom stereocenters. The van der Waals surface area contributed by atoms with Crippen molar-refractivity contribution in [3.63, 3.8) is 0 Å². The van der Waals surface area contributed by atoms with E-state index in [2.05, 4.69) is 20.5 Å². The summed E-state index contributed by atoms with van der Waals surface area (Å²) in [6.07, 6.45) is -0.116. The summed E-state index contributed by atoms with van der Waals surface area (Å²) in [5.74, 6) is 1.55. The van der Waals surface area contributed by atoms with Crippen molar-refractivity contribution in [1.82, 2.24) is 25.1 Å². The van der Waals surface area contributed by atoms with E-state index in [9.17, 15) is 0 Å². The molecule has 5 rings (SSSR count). The molecular formula is C20H16ClN5O3. The highest BCUT2D eigenvalue weighted by Crippen LogP contribution is 2.31. The van der Waals surface area contributed by atoms with Crippen LogP contribution in [0.25, 0.3) is 23.0 Å². The Morgan fingerprint density at radius 1 is 1.17 bits per heavy atom. The lowest BCUT2D eigenvalue weighted by Gasteiger charge is -2.24. The van der Waals surface area contributed by atoms with Gasteiger partial charge in [-0.05, 0) is 35.9 Å². The van der Waals surface area contributed by atoms with Gasteiger partial charge in [-0.3, -0.25) is 0 Å². The number of hydrogen-bond acceptors (Lipinski definition) is 7. The van der Waals surface area contributed by atoms with E-state index < -0.39 is 0 Å². The third-order valence-electron chi connectivity index (χ3n) is 4.79. The molecule has 0 amide bonds. The van der Waals surface area contributed by atoms with Gasteiger partial charge in [-0.25, -0.2) is 4.68 Å². The maximum absolute atomic E-state index is 6.05. The highest BCUT2D eigenvalue weighted by Gasteiger charge is 2.27. The molecule has 2 aromatic carbocycles. The van der Waals surface area contributed by atoms with E-state index in [0.29, 0.717) is 35.6 Å². The molecule has 0 spiro atoms. The van der Waals surface area contributed by atoms with E-state index in [1.165, 1.54) is 0 Å². The highest BCUT2D eigenvalue weighted by atomic mass is 35.5. The largest absolute Gasteiger partial charge is 0.497 e. The van der Waals surface area contributed by atoms with Gasteiger partial charge in [-0.15, -0.1) is 5.10 Å². The van der Waals surface area contributed by atoms with Crippen molar-refractivity contribution in [2.75, 3.05) is 7.11 Å². The number of fused-ring (bicyclic) bond motifs is 1. The molecule has 29 heavy (non-hydrogen) atoms. The molecule has 0 unspecified atom stereocenters. The predicted molar refractivity (Wildman–Crippen MR) is 104 cm³/mol. The average Bonchev–Trinajstić information content (AvgIpc) is 3.40. The summed E-state index contributed by atoms with van der Waals surface area (Å²) in [7, 11) is 1.64. The van der Waals surface area contributed by atoms with Crippen LogP contribution in [0, 0.1) is 0 Å². The van der Waals surface area contributed by atoms with Gasteiger partial charge < -0.3 is 14.0 Å². The number of rotatable bonds is 4. The first-order valence-corrected chi connectivity index (χ1v) is 9.37. The predicted octanol–water partition coefficient (Wildman–Crippen LogP) is 3.93. The van der Waals surface area contributed by atoms with Crippen LogP contribution in [0.3, 0.4) is 0 Å². The van der Waals surface area contributed by atoms with Gasteiger partial charge in [0.05, 0.1) is 26.0 Å². The first kappa shape index (κ1) is 17.8. The van der Waals surface area contributed by atoms with Crippen LogP contribution in [0.15, 0.2) is 53.1 Å². The number of halogens is 1. The molecule has 1 aliphatic rings. The third-order valence-corrected chi connectivity index (χ3v) is 5.03. The number of methoxy groups -OCH3 is 1. The number of hydrogen-bond donors (Lipinski definition) is 0. The zero-order valence-corrected chi connectivity index (χ0v) is 16.2. The van der Waals surface area contributed by atoms with E-state index in [1.54, 1.807) is 19.2 Å². The molecule has 4 aromatic rings. The average molecular weight is 410 g/mol. The molecule has 0 aliphatic carbocycles. The van der Waals surface area contributed by atoms with Crippen molar-refractivity contribution in [1.29, 1.82) is 0 Å². The quantitative estimate of drug-likeness (QED) is 0.504. The van der Waals surface area contributed by atoms with Crippen LogP contribution in [-0.4, -0.2) is 32.2 Å². The van der Waals surface area contributed by atoms with Crippen LogP contribution in [-0.2, 0) is 17.9 Å². The Morgan fingerprint density at radius 3 is 2.83 bits per heavy atom. The van der Waals surface area contributed by atoms with Gasteiger partial charge in [0, 0.05) is 10.6 Å². The zero-order chi connectivity index (χ0) is 19.8. The van der Waals surface area contributed by atoms with E-state index in [-0.39, 0.29) is 6.10 Å². The van der Waals surface area contributed by atoms with E-state index in [0.717, 1.165) is 22.6 Å². The zero-order valence-electron chi connectivity index (χ0n) is 15.4. The van der Waals surface area contributed by atoms with Gasteiger partial charge in [0.2, 0.25) is 5.82 Å². The molecule has 8 nitrogen and oxygen atoms in total. The van der Waals surface area contributed by atoms with Crippen molar-refractivity contribution < 1.29 is 14.0 Å². The normalized spacial score (nSPS) is 15.9. The van der Waals surface area contributed by atoms with Gasteiger partial charge in [-0.2, -0.15) is 4.98 Å². The smallest absolute Gasteiger partial charge is 0.258 e. The SMILES string of the molecule is COc1ccc([C@H]2Cn3nnc(-c4noc(-c5cccc(Cl)c5)n4)c3CO2)cc1. The second-order valence-electron chi connectivity index (χ2n) is 6.57. The van der Waals surface area contributed by atoms with Gasteiger partial charge in [-0.1, -0.05) is 40.2 Å². The van der Waals surface area contributed by atoms with E-state index in [4.69, 9.17) is 25.6 Å². The lowest BCUT2D eigenvalue weighted by Crippen LogP contribution is -2.22. The van der Waals surface area contributed by atoms with Gasteiger partial charge in [0.1, 0.15) is 11.9 Å². The summed E-state index contributed by atoms with van der Waals surface area (Å²) in [5.41, 5.74) is 3.16. The summed E-state index contributed by atoms with van der Waals surface area (Å²) in [6.45, 7) is 0.897. The molecule has 9 heteroatoms. The lowest BCUT2D eigenvalue weighted by molar-refractivity contribution is -0.00114. The van der Waals surface area contributed by atoms with Crippen LogP contribution in [0.4, 0.5) is 0 Å². The Bertz CT molecular complexity index is 1160. The van der Waals surface area contributed by atoms with Crippen molar-refractivity contribution in [2.45, 2.75) is 19.3 Å². The van der Waals surface area contributed by atoms with Crippen molar-refractivity contribution in [2.24, 2.45) is 0 Å².